The second-order valence-corrected chi connectivity index (χ2v) is 8.29. The van der Waals surface area contributed by atoms with Crippen LogP contribution in [0.25, 0.3) is 0 Å². The lowest BCUT2D eigenvalue weighted by Gasteiger charge is -2.41. The largest absolute Gasteiger partial charge is 0.485 e. The summed E-state index contributed by atoms with van der Waals surface area (Å²) >= 11 is 1.51. The van der Waals surface area contributed by atoms with E-state index in [1.54, 1.807) is 0 Å². The molecule has 0 N–H and O–H groups in total. The number of likely N-dealkylation sites (tertiary alicyclic amines) is 1. The van der Waals surface area contributed by atoms with E-state index in [0.29, 0.717) is 13.1 Å². The second kappa shape index (κ2) is 7.59. The molecule has 0 atom stereocenters. The van der Waals surface area contributed by atoms with Crippen molar-refractivity contribution in [1.82, 2.24) is 9.80 Å². The van der Waals surface area contributed by atoms with Crippen LogP contribution < -0.4 is 4.74 Å². The highest BCUT2D eigenvalue weighted by Gasteiger charge is 2.41. The number of thiophene rings is 1. The molecule has 2 aromatic rings. The predicted molar refractivity (Wildman–Crippen MR) is 108 cm³/mol. The maximum Gasteiger partial charge on any atom is 0.264 e. The summed E-state index contributed by atoms with van der Waals surface area (Å²) in [6, 6.07) is 10.2. The smallest absolute Gasteiger partial charge is 0.264 e. The number of hydrogen-bond acceptors (Lipinski definition) is 4. The Kier molecular flexibility index (Phi) is 5.61. The first-order chi connectivity index (χ1) is 12.0. The quantitative estimate of drug-likeness (QED) is 0.735. The van der Waals surface area contributed by atoms with Gasteiger partial charge in [0.15, 0.2) is 0 Å². The third kappa shape index (κ3) is 3.75. The zero-order chi connectivity index (χ0) is 17.4. The molecule has 4 rings (SSSR count). The van der Waals surface area contributed by atoms with Crippen molar-refractivity contribution >= 4 is 29.7 Å². The van der Waals surface area contributed by atoms with Crippen LogP contribution in [0.3, 0.4) is 0 Å². The number of hydrogen-bond donors (Lipinski definition) is 0. The fourth-order valence-electron chi connectivity index (χ4n) is 3.79. The van der Waals surface area contributed by atoms with Gasteiger partial charge in [-0.1, -0.05) is 23.8 Å². The summed E-state index contributed by atoms with van der Waals surface area (Å²) in [4.78, 5) is 18.2. The molecule has 1 amide bonds. The SMILES string of the molecule is Cc1ccc2c(c1)CN(C(=O)c1cccs1)CC1(CCN(C)CC1)O2.Cl. The Labute approximate surface area is 165 Å². The predicted octanol–water partition coefficient (Wildman–Crippen LogP) is 3.98. The van der Waals surface area contributed by atoms with Crippen LogP contribution in [-0.2, 0) is 6.54 Å². The van der Waals surface area contributed by atoms with Crippen molar-refractivity contribution < 1.29 is 9.53 Å². The molecule has 1 fully saturated rings. The number of amides is 1. The average molecular weight is 393 g/mol. The van der Waals surface area contributed by atoms with Crippen LogP contribution in [0, 0.1) is 6.92 Å². The molecule has 140 valence electrons. The highest BCUT2D eigenvalue weighted by molar-refractivity contribution is 7.12. The van der Waals surface area contributed by atoms with Crippen molar-refractivity contribution in [3.05, 3.63) is 51.7 Å². The van der Waals surface area contributed by atoms with Crippen LogP contribution in [0.2, 0.25) is 0 Å². The summed E-state index contributed by atoms with van der Waals surface area (Å²) in [5.74, 6) is 1.06. The zero-order valence-electron chi connectivity index (χ0n) is 15.2. The maximum atomic E-state index is 13.1. The number of rotatable bonds is 1. The first kappa shape index (κ1) is 19.2. The van der Waals surface area contributed by atoms with E-state index in [9.17, 15) is 4.79 Å². The van der Waals surface area contributed by atoms with Crippen LogP contribution in [-0.4, -0.2) is 48.0 Å². The summed E-state index contributed by atoms with van der Waals surface area (Å²) in [6.07, 6.45) is 1.90. The van der Waals surface area contributed by atoms with Gasteiger partial charge in [0.1, 0.15) is 11.4 Å². The van der Waals surface area contributed by atoms with Gasteiger partial charge in [-0.2, -0.15) is 0 Å². The summed E-state index contributed by atoms with van der Waals surface area (Å²) in [7, 11) is 2.15. The monoisotopic (exact) mass is 392 g/mol. The molecule has 0 radical (unpaired) electrons. The molecule has 3 heterocycles. The number of carbonyl (C=O) groups is 1. The van der Waals surface area contributed by atoms with Crippen molar-refractivity contribution in [2.75, 3.05) is 26.7 Å². The van der Waals surface area contributed by atoms with E-state index in [4.69, 9.17) is 4.74 Å². The zero-order valence-corrected chi connectivity index (χ0v) is 16.9. The van der Waals surface area contributed by atoms with E-state index < -0.39 is 0 Å². The molecule has 2 aliphatic rings. The summed E-state index contributed by atoms with van der Waals surface area (Å²) in [6.45, 7) is 5.36. The molecule has 1 aromatic heterocycles. The summed E-state index contributed by atoms with van der Waals surface area (Å²) in [5.41, 5.74) is 2.03. The van der Waals surface area contributed by atoms with Gasteiger partial charge in [0.2, 0.25) is 0 Å². The van der Waals surface area contributed by atoms with Gasteiger partial charge in [-0.15, -0.1) is 23.7 Å². The molecule has 0 aliphatic carbocycles. The first-order valence-electron chi connectivity index (χ1n) is 8.85. The lowest BCUT2D eigenvalue weighted by molar-refractivity contribution is -0.0102. The van der Waals surface area contributed by atoms with Crippen LogP contribution in [0.5, 0.6) is 5.75 Å². The van der Waals surface area contributed by atoms with Crippen LogP contribution in [0.1, 0.15) is 33.6 Å². The molecule has 0 bridgehead atoms. The van der Waals surface area contributed by atoms with Crippen LogP contribution in [0.4, 0.5) is 0 Å². The molecule has 1 spiro atoms. The van der Waals surface area contributed by atoms with Crippen molar-refractivity contribution in [3.8, 4) is 5.75 Å². The van der Waals surface area contributed by atoms with Gasteiger partial charge < -0.3 is 14.5 Å². The topological polar surface area (TPSA) is 32.8 Å². The molecule has 4 nitrogen and oxygen atoms in total. The molecule has 26 heavy (non-hydrogen) atoms. The Morgan fingerprint density at radius 2 is 2.00 bits per heavy atom. The number of nitrogens with zero attached hydrogens (tertiary/aromatic N) is 2. The highest BCUT2D eigenvalue weighted by atomic mass is 35.5. The number of ether oxygens (including phenoxy) is 1. The van der Waals surface area contributed by atoms with Gasteiger partial charge in [0.25, 0.3) is 5.91 Å². The standard InChI is InChI=1S/C20H24N2O2S.ClH/c1-15-5-6-17-16(12-15)13-22(19(23)18-4-3-11-25-18)14-20(24-17)7-9-21(2)10-8-20;/h3-6,11-12H,7-10,13-14H2,1-2H3;1H. The minimum absolute atomic E-state index is 0. The molecule has 1 saturated heterocycles. The van der Waals surface area contributed by atoms with Crippen LogP contribution >= 0.6 is 23.7 Å². The Hall–Kier alpha value is -1.56. The van der Waals surface area contributed by atoms with Gasteiger partial charge >= 0.3 is 0 Å². The van der Waals surface area contributed by atoms with Crippen molar-refractivity contribution in [2.24, 2.45) is 0 Å². The fraction of sp³-hybridized carbons (Fsp3) is 0.450. The van der Waals surface area contributed by atoms with Crippen molar-refractivity contribution in [2.45, 2.75) is 31.9 Å². The second-order valence-electron chi connectivity index (χ2n) is 7.34. The minimum Gasteiger partial charge on any atom is -0.485 e. The molecular weight excluding hydrogens is 368 g/mol. The third-order valence-corrected chi connectivity index (χ3v) is 6.16. The van der Waals surface area contributed by atoms with Gasteiger partial charge in [-0.25, -0.2) is 0 Å². The Bertz CT molecular complexity index is 770. The fourth-order valence-corrected chi connectivity index (χ4v) is 4.48. The van der Waals surface area contributed by atoms with E-state index in [2.05, 4.69) is 37.1 Å². The molecule has 2 aliphatic heterocycles. The number of halogens is 1. The van der Waals surface area contributed by atoms with Gasteiger partial charge in [-0.3, -0.25) is 4.79 Å². The lowest BCUT2D eigenvalue weighted by atomic mass is 9.90. The molecular formula is C20H25ClN2O2S. The molecule has 0 saturated carbocycles. The summed E-state index contributed by atoms with van der Waals surface area (Å²) in [5, 5.41) is 1.96. The average Bonchev–Trinajstić information content (AvgIpc) is 3.08. The number of aryl methyl sites for hydroxylation is 1. The maximum absolute atomic E-state index is 13.1. The number of piperidine rings is 1. The van der Waals surface area contributed by atoms with E-state index >= 15 is 0 Å². The Balaban J connectivity index is 0.00000196. The lowest BCUT2D eigenvalue weighted by Crippen LogP contribution is -2.53. The molecule has 1 aromatic carbocycles. The van der Waals surface area contributed by atoms with Gasteiger partial charge in [-0.05, 0) is 31.5 Å². The van der Waals surface area contributed by atoms with E-state index in [1.807, 2.05) is 22.4 Å². The van der Waals surface area contributed by atoms with Crippen molar-refractivity contribution in [1.29, 1.82) is 0 Å². The third-order valence-electron chi connectivity index (χ3n) is 5.30. The van der Waals surface area contributed by atoms with Crippen LogP contribution in [0.15, 0.2) is 35.7 Å². The normalized spacial score (nSPS) is 19.2. The molecule has 0 unspecified atom stereocenters. The minimum atomic E-state index is -0.278. The Morgan fingerprint density at radius 3 is 2.69 bits per heavy atom. The number of fused-ring (bicyclic) bond motifs is 1. The Morgan fingerprint density at radius 1 is 1.23 bits per heavy atom. The van der Waals surface area contributed by atoms with E-state index in [-0.39, 0.29) is 23.9 Å². The number of benzene rings is 1. The van der Waals surface area contributed by atoms with E-state index in [1.165, 1.54) is 16.9 Å². The van der Waals surface area contributed by atoms with Gasteiger partial charge in [0, 0.05) is 38.0 Å². The molecule has 6 heteroatoms. The van der Waals surface area contributed by atoms with E-state index in [0.717, 1.165) is 42.1 Å². The van der Waals surface area contributed by atoms with Crippen molar-refractivity contribution in [3.63, 3.8) is 0 Å². The van der Waals surface area contributed by atoms with Gasteiger partial charge in [0.05, 0.1) is 11.4 Å². The first-order valence-corrected chi connectivity index (χ1v) is 9.73. The highest BCUT2D eigenvalue weighted by Crippen LogP contribution is 2.36. The number of carbonyl (C=O) groups excluding carboxylic acids is 1. The summed E-state index contributed by atoms with van der Waals surface area (Å²) < 4.78 is 6.57.